The van der Waals surface area contributed by atoms with Crippen molar-refractivity contribution in [1.82, 2.24) is 0 Å². The zero-order valence-corrected chi connectivity index (χ0v) is 17.3. The summed E-state index contributed by atoms with van der Waals surface area (Å²) in [5.74, 6) is -0.897. The van der Waals surface area contributed by atoms with Crippen LogP contribution >= 0.6 is 24.4 Å². The number of benzene rings is 3. The number of hydrogen-bond donors (Lipinski definition) is 4. The normalized spacial score (nSPS) is 9.87. The van der Waals surface area contributed by atoms with Crippen LogP contribution < -0.4 is 21.3 Å². The quantitative estimate of drug-likeness (QED) is 0.455. The van der Waals surface area contributed by atoms with Gasteiger partial charge in [0.1, 0.15) is 0 Å². The summed E-state index contributed by atoms with van der Waals surface area (Å²) in [6, 6.07) is 25.0. The highest BCUT2D eigenvalue weighted by Gasteiger charge is 2.15. The van der Waals surface area contributed by atoms with E-state index in [1.54, 1.807) is 48.5 Å². The van der Waals surface area contributed by atoms with Crippen LogP contribution in [-0.4, -0.2) is 21.8 Å². The van der Waals surface area contributed by atoms with Crippen molar-refractivity contribution in [2.45, 2.75) is 0 Å². The second-order valence-corrected chi connectivity index (χ2v) is 6.91. The molecule has 8 heteroatoms. The Hall–Kier alpha value is -3.62. The molecule has 0 unspecified atom stereocenters. The second kappa shape index (κ2) is 10.2. The second-order valence-electron chi connectivity index (χ2n) is 6.09. The number of para-hydroxylation sites is 4. The molecule has 0 spiro atoms. The van der Waals surface area contributed by atoms with Crippen molar-refractivity contribution in [2.75, 3.05) is 21.3 Å². The fourth-order valence-corrected chi connectivity index (χ4v) is 2.80. The molecule has 2 amide bonds. The van der Waals surface area contributed by atoms with Gasteiger partial charge in [-0.2, -0.15) is 0 Å². The molecule has 0 fully saturated rings. The summed E-state index contributed by atoms with van der Waals surface area (Å²) >= 11 is 10.4. The van der Waals surface area contributed by atoms with Gasteiger partial charge >= 0.3 is 0 Å². The van der Waals surface area contributed by atoms with Gasteiger partial charge in [-0.25, -0.2) is 0 Å². The van der Waals surface area contributed by atoms with E-state index in [1.807, 2.05) is 36.4 Å². The van der Waals surface area contributed by atoms with Crippen molar-refractivity contribution in [3.8, 4) is 0 Å². The van der Waals surface area contributed by atoms with Gasteiger partial charge < -0.3 is 21.3 Å². The maximum Gasteiger partial charge on any atom is 0.283 e. The number of anilines is 4. The van der Waals surface area contributed by atoms with Crippen LogP contribution in [0.1, 0.15) is 0 Å². The molecule has 0 bridgehead atoms. The van der Waals surface area contributed by atoms with Crippen LogP contribution in [0.4, 0.5) is 22.7 Å². The standard InChI is InChI=1S/C22H18N4O2S2/c27-19(23-15-9-3-1-4-10-15)21(29)25-17-13-7-8-14-18(17)26-22(30)20(28)24-16-11-5-2-6-12-16/h1-14H,(H,23,27)(H,24,28)(H,25,29)(H,26,30). The third-order valence-corrected chi connectivity index (χ3v) is 4.47. The molecule has 4 N–H and O–H groups in total. The maximum absolute atomic E-state index is 12.3. The Balaban J connectivity index is 1.63. The molecule has 0 radical (unpaired) electrons. The van der Waals surface area contributed by atoms with Crippen molar-refractivity contribution >= 4 is 69.0 Å². The van der Waals surface area contributed by atoms with Crippen molar-refractivity contribution in [3.63, 3.8) is 0 Å². The van der Waals surface area contributed by atoms with Crippen LogP contribution in [0.5, 0.6) is 0 Å². The maximum atomic E-state index is 12.3. The van der Waals surface area contributed by atoms with E-state index in [2.05, 4.69) is 21.3 Å². The minimum atomic E-state index is -0.449. The van der Waals surface area contributed by atoms with Crippen molar-refractivity contribution in [3.05, 3.63) is 84.9 Å². The SMILES string of the molecule is O=C(Nc1ccccc1)C(=S)Nc1ccccc1NC(=S)C(=O)Nc1ccccc1. The predicted molar refractivity (Wildman–Crippen MR) is 129 cm³/mol. The molecule has 0 heterocycles. The lowest BCUT2D eigenvalue weighted by atomic mass is 10.2. The van der Waals surface area contributed by atoms with Gasteiger partial charge in [-0.15, -0.1) is 0 Å². The highest BCUT2D eigenvalue weighted by Crippen LogP contribution is 2.21. The summed E-state index contributed by atoms with van der Waals surface area (Å²) in [4.78, 5) is 24.6. The Morgan fingerprint density at radius 1 is 0.500 bits per heavy atom. The van der Waals surface area contributed by atoms with Crippen LogP contribution in [-0.2, 0) is 9.59 Å². The zero-order chi connectivity index (χ0) is 21.3. The molecule has 3 rings (SSSR count). The third kappa shape index (κ3) is 5.94. The Labute approximate surface area is 184 Å². The molecule has 0 aliphatic rings. The van der Waals surface area contributed by atoms with Gasteiger partial charge in [0.15, 0.2) is 9.98 Å². The van der Waals surface area contributed by atoms with E-state index in [0.717, 1.165) is 0 Å². The highest BCUT2D eigenvalue weighted by atomic mass is 32.1. The van der Waals surface area contributed by atoms with Gasteiger partial charge in [0, 0.05) is 11.4 Å². The first kappa shape index (κ1) is 21.1. The van der Waals surface area contributed by atoms with Gasteiger partial charge in [0.05, 0.1) is 11.4 Å². The minimum Gasteiger partial charge on any atom is -0.340 e. The summed E-state index contributed by atoms with van der Waals surface area (Å²) in [7, 11) is 0. The van der Waals surface area contributed by atoms with E-state index >= 15 is 0 Å². The monoisotopic (exact) mass is 434 g/mol. The number of carbonyl (C=O) groups is 2. The average molecular weight is 435 g/mol. The molecular weight excluding hydrogens is 416 g/mol. The average Bonchev–Trinajstić information content (AvgIpc) is 2.76. The molecule has 0 saturated heterocycles. The summed E-state index contributed by atoms with van der Waals surface area (Å²) in [5, 5.41) is 11.2. The molecule has 3 aromatic carbocycles. The fraction of sp³-hybridized carbons (Fsp3) is 0. The lowest BCUT2D eigenvalue weighted by molar-refractivity contribution is -0.111. The number of nitrogens with one attached hydrogen (secondary N) is 4. The lowest BCUT2D eigenvalue weighted by Gasteiger charge is -2.15. The van der Waals surface area contributed by atoms with E-state index in [-0.39, 0.29) is 9.98 Å². The molecule has 0 atom stereocenters. The third-order valence-electron chi connectivity index (χ3n) is 3.90. The first-order valence-corrected chi connectivity index (χ1v) is 9.78. The lowest BCUT2D eigenvalue weighted by Crippen LogP contribution is -2.29. The highest BCUT2D eigenvalue weighted by molar-refractivity contribution is 7.82. The number of hydrogen-bond acceptors (Lipinski definition) is 4. The van der Waals surface area contributed by atoms with Gasteiger partial charge in [-0.1, -0.05) is 73.0 Å². The number of amides is 2. The minimum absolute atomic E-state index is 0.0206. The Morgan fingerprint density at radius 3 is 1.20 bits per heavy atom. The Morgan fingerprint density at radius 2 is 0.833 bits per heavy atom. The molecular formula is C22H18N4O2S2. The number of thiocarbonyl (C=S) groups is 2. The van der Waals surface area contributed by atoms with Crippen molar-refractivity contribution in [1.29, 1.82) is 0 Å². The first-order chi connectivity index (χ1) is 14.5. The van der Waals surface area contributed by atoms with Crippen molar-refractivity contribution < 1.29 is 9.59 Å². The zero-order valence-electron chi connectivity index (χ0n) is 15.7. The van der Waals surface area contributed by atoms with Crippen LogP contribution in [0, 0.1) is 0 Å². The molecule has 30 heavy (non-hydrogen) atoms. The number of carbonyl (C=O) groups excluding carboxylic acids is 2. The van der Waals surface area contributed by atoms with Crippen molar-refractivity contribution in [2.24, 2.45) is 0 Å². The van der Waals surface area contributed by atoms with Gasteiger partial charge in [0.25, 0.3) is 11.8 Å². The summed E-state index contributed by atoms with van der Waals surface area (Å²) in [5.41, 5.74) is 2.30. The van der Waals surface area contributed by atoms with E-state index in [9.17, 15) is 9.59 Å². The molecule has 150 valence electrons. The molecule has 6 nitrogen and oxygen atoms in total. The van der Waals surface area contributed by atoms with Crippen LogP contribution in [0.25, 0.3) is 0 Å². The largest absolute Gasteiger partial charge is 0.340 e. The van der Waals surface area contributed by atoms with E-state index in [0.29, 0.717) is 22.7 Å². The molecule has 0 aliphatic carbocycles. The van der Waals surface area contributed by atoms with Gasteiger partial charge in [-0.3, -0.25) is 9.59 Å². The first-order valence-electron chi connectivity index (χ1n) is 8.97. The predicted octanol–water partition coefficient (Wildman–Crippen LogP) is 4.44. The molecule has 0 aromatic heterocycles. The Bertz CT molecular complexity index is 986. The molecule has 0 saturated carbocycles. The smallest absolute Gasteiger partial charge is 0.283 e. The van der Waals surface area contributed by atoms with E-state index in [1.165, 1.54) is 0 Å². The Kier molecular flexibility index (Phi) is 7.20. The van der Waals surface area contributed by atoms with Gasteiger partial charge in [0.2, 0.25) is 0 Å². The van der Waals surface area contributed by atoms with Gasteiger partial charge in [-0.05, 0) is 36.4 Å². The fourth-order valence-electron chi connectivity index (χ4n) is 2.48. The van der Waals surface area contributed by atoms with Crippen LogP contribution in [0.3, 0.4) is 0 Å². The van der Waals surface area contributed by atoms with Crippen LogP contribution in [0.2, 0.25) is 0 Å². The molecule has 3 aromatic rings. The van der Waals surface area contributed by atoms with Crippen LogP contribution in [0.15, 0.2) is 84.9 Å². The van der Waals surface area contributed by atoms with E-state index in [4.69, 9.17) is 24.4 Å². The summed E-state index contributed by atoms with van der Waals surface area (Å²) in [6.45, 7) is 0. The topological polar surface area (TPSA) is 82.3 Å². The van der Waals surface area contributed by atoms with E-state index < -0.39 is 11.8 Å². The summed E-state index contributed by atoms with van der Waals surface area (Å²) in [6.07, 6.45) is 0. The molecule has 0 aliphatic heterocycles. The number of rotatable bonds is 4. The summed E-state index contributed by atoms with van der Waals surface area (Å²) < 4.78 is 0.